The van der Waals surface area contributed by atoms with Gasteiger partial charge in [-0.15, -0.1) is 0 Å². The van der Waals surface area contributed by atoms with E-state index in [-0.39, 0.29) is 5.82 Å². The van der Waals surface area contributed by atoms with Gasteiger partial charge in [0.15, 0.2) is 0 Å². The Labute approximate surface area is 113 Å². The molecule has 1 aliphatic heterocycles. The van der Waals surface area contributed by atoms with E-state index >= 15 is 0 Å². The molecule has 2 aromatic rings. The molecule has 0 aliphatic carbocycles. The van der Waals surface area contributed by atoms with Crippen molar-refractivity contribution in [2.24, 2.45) is 0 Å². The molecule has 1 aromatic carbocycles. The van der Waals surface area contributed by atoms with Crippen LogP contribution in [0.15, 0.2) is 24.3 Å². The third-order valence-corrected chi connectivity index (χ3v) is 4.01. The van der Waals surface area contributed by atoms with Gasteiger partial charge in [0.2, 0.25) is 0 Å². The maximum Gasteiger partial charge on any atom is 0.132 e. The van der Waals surface area contributed by atoms with E-state index in [9.17, 15) is 4.39 Å². The molecule has 3 rings (SSSR count). The first-order valence-corrected chi connectivity index (χ1v) is 7.17. The highest BCUT2D eigenvalue weighted by atomic mass is 19.1. The monoisotopic (exact) mass is 260 g/mol. The average Bonchev–Trinajstić information content (AvgIpc) is 2.97. The zero-order chi connectivity index (χ0) is 13.4. The van der Waals surface area contributed by atoms with Crippen LogP contribution in [-0.2, 0) is 6.54 Å². The Hall–Kier alpha value is -1.35. The van der Waals surface area contributed by atoms with Crippen molar-refractivity contribution in [1.82, 2.24) is 9.47 Å². The zero-order valence-corrected chi connectivity index (χ0v) is 11.7. The summed E-state index contributed by atoms with van der Waals surface area (Å²) in [5.74, 6) is -0.112. The van der Waals surface area contributed by atoms with Gasteiger partial charge in [0.1, 0.15) is 5.82 Å². The van der Waals surface area contributed by atoms with Gasteiger partial charge in [0.05, 0.1) is 5.52 Å². The normalized spacial score (nSPS) is 16.8. The summed E-state index contributed by atoms with van der Waals surface area (Å²) in [7, 11) is 0. The minimum absolute atomic E-state index is 0.112. The van der Waals surface area contributed by atoms with Crippen LogP contribution in [0.1, 0.15) is 38.4 Å². The van der Waals surface area contributed by atoms with Gasteiger partial charge in [-0.25, -0.2) is 4.39 Å². The highest BCUT2D eigenvalue weighted by molar-refractivity contribution is 5.82. The SMILES string of the molecule is CC(C)n1c(CN2CCCC2)cc2c(F)cccc21. The van der Waals surface area contributed by atoms with E-state index in [0.717, 1.165) is 17.4 Å². The lowest BCUT2D eigenvalue weighted by Gasteiger charge is -2.19. The summed E-state index contributed by atoms with van der Waals surface area (Å²) in [6, 6.07) is 7.76. The van der Waals surface area contributed by atoms with E-state index < -0.39 is 0 Å². The Kier molecular flexibility index (Phi) is 3.31. The lowest BCUT2D eigenvalue weighted by molar-refractivity contribution is 0.319. The van der Waals surface area contributed by atoms with Gasteiger partial charge in [-0.3, -0.25) is 4.90 Å². The topological polar surface area (TPSA) is 8.17 Å². The van der Waals surface area contributed by atoms with E-state index in [2.05, 4.69) is 23.3 Å². The van der Waals surface area contributed by atoms with Crippen molar-refractivity contribution in [2.75, 3.05) is 13.1 Å². The number of hydrogen-bond donors (Lipinski definition) is 0. The Morgan fingerprint density at radius 1 is 1.21 bits per heavy atom. The van der Waals surface area contributed by atoms with Crippen LogP contribution in [0, 0.1) is 5.82 Å². The number of aromatic nitrogens is 1. The van der Waals surface area contributed by atoms with Crippen molar-refractivity contribution < 1.29 is 4.39 Å². The molecule has 0 bridgehead atoms. The minimum atomic E-state index is -0.112. The Bertz CT molecular complexity index is 580. The van der Waals surface area contributed by atoms with Crippen LogP contribution in [0.5, 0.6) is 0 Å². The molecule has 19 heavy (non-hydrogen) atoms. The van der Waals surface area contributed by atoms with Crippen LogP contribution < -0.4 is 0 Å². The van der Waals surface area contributed by atoms with Crippen LogP contribution in [0.4, 0.5) is 4.39 Å². The van der Waals surface area contributed by atoms with Crippen molar-refractivity contribution in [3.05, 3.63) is 35.8 Å². The second-order valence-electron chi connectivity index (χ2n) is 5.76. The second kappa shape index (κ2) is 4.97. The maximum absolute atomic E-state index is 13.9. The third kappa shape index (κ3) is 2.27. The summed E-state index contributed by atoms with van der Waals surface area (Å²) in [5, 5.41) is 0.755. The molecule has 0 radical (unpaired) electrons. The Morgan fingerprint density at radius 3 is 2.63 bits per heavy atom. The highest BCUT2D eigenvalue weighted by Crippen LogP contribution is 2.27. The number of likely N-dealkylation sites (tertiary alicyclic amines) is 1. The van der Waals surface area contributed by atoms with Crippen molar-refractivity contribution in [3.63, 3.8) is 0 Å². The molecule has 1 fully saturated rings. The van der Waals surface area contributed by atoms with Crippen molar-refractivity contribution >= 4 is 10.9 Å². The average molecular weight is 260 g/mol. The first-order valence-electron chi connectivity index (χ1n) is 7.17. The molecule has 3 heteroatoms. The van der Waals surface area contributed by atoms with Gasteiger partial charge in [0, 0.05) is 23.7 Å². The predicted molar refractivity (Wildman–Crippen MR) is 76.8 cm³/mol. The van der Waals surface area contributed by atoms with Crippen molar-refractivity contribution in [2.45, 2.75) is 39.3 Å². The van der Waals surface area contributed by atoms with Gasteiger partial charge in [-0.1, -0.05) is 6.07 Å². The van der Waals surface area contributed by atoms with Gasteiger partial charge < -0.3 is 4.57 Å². The summed E-state index contributed by atoms with van der Waals surface area (Å²) < 4.78 is 16.2. The molecule has 0 unspecified atom stereocenters. The summed E-state index contributed by atoms with van der Waals surface area (Å²) in [6.45, 7) is 7.60. The first kappa shape index (κ1) is 12.7. The zero-order valence-electron chi connectivity index (χ0n) is 11.7. The fourth-order valence-electron chi connectivity index (χ4n) is 3.17. The number of halogens is 1. The van der Waals surface area contributed by atoms with Crippen LogP contribution in [0.25, 0.3) is 10.9 Å². The van der Waals surface area contributed by atoms with Gasteiger partial charge in [-0.2, -0.15) is 0 Å². The highest BCUT2D eigenvalue weighted by Gasteiger charge is 2.18. The molecule has 1 aliphatic rings. The van der Waals surface area contributed by atoms with Crippen molar-refractivity contribution in [3.8, 4) is 0 Å². The second-order valence-corrected chi connectivity index (χ2v) is 5.76. The van der Waals surface area contributed by atoms with E-state index in [1.165, 1.54) is 31.6 Å². The van der Waals surface area contributed by atoms with Gasteiger partial charge in [-0.05, 0) is 58.0 Å². The third-order valence-electron chi connectivity index (χ3n) is 4.01. The number of hydrogen-bond acceptors (Lipinski definition) is 1. The first-order chi connectivity index (χ1) is 9.16. The molecule has 0 amide bonds. The van der Waals surface area contributed by atoms with Crippen LogP contribution in [0.3, 0.4) is 0 Å². The number of benzene rings is 1. The molecule has 0 atom stereocenters. The standard InChI is InChI=1S/C16H21FN2/c1-12(2)19-13(11-18-8-3-4-9-18)10-14-15(17)6-5-7-16(14)19/h5-7,10,12H,3-4,8-9,11H2,1-2H3. The fraction of sp³-hybridized carbons (Fsp3) is 0.500. The number of fused-ring (bicyclic) bond motifs is 1. The molecule has 0 spiro atoms. The van der Waals surface area contributed by atoms with Crippen LogP contribution in [0.2, 0.25) is 0 Å². The molecule has 1 aromatic heterocycles. The number of nitrogens with zero attached hydrogens (tertiary/aromatic N) is 2. The van der Waals surface area contributed by atoms with Crippen LogP contribution >= 0.6 is 0 Å². The Morgan fingerprint density at radius 2 is 1.95 bits per heavy atom. The molecule has 2 nitrogen and oxygen atoms in total. The maximum atomic E-state index is 13.9. The lowest BCUT2D eigenvalue weighted by atomic mass is 10.2. The molecular formula is C16H21FN2. The summed E-state index contributed by atoms with van der Waals surface area (Å²) >= 11 is 0. The molecule has 102 valence electrons. The van der Waals surface area contributed by atoms with E-state index in [0.29, 0.717) is 6.04 Å². The molecule has 0 saturated carbocycles. The van der Waals surface area contributed by atoms with Crippen molar-refractivity contribution in [1.29, 1.82) is 0 Å². The predicted octanol–water partition coefficient (Wildman–Crippen LogP) is 3.96. The quantitative estimate of drug-likeness (QED) is 0.811. The van der Waals surface area contributed by atoms with Gasteiger partial charge in [0.25, 0.3) is 0 Å². The molecule has 2 heterocycles. The Balaban J connectivity index is 2.06. The summed E-state index contributed by atoms with van der Waals surface area (Å²) in [5.41, 5.74) is 2.25. The molecular weight excluding hydrogens is 239 g/mol. The van der Waals surface area contributed by atoms with E-state index in [1.807, 2.05) is 12.1 Å². The molecule has 0 N–H and O–H groups in total. The summed E-state index contributed by atoms with van der Waals surface area (Å²) in [4.78, 5) is 2.46. The minimum Gasteiger partial charge on any atom is -0.341 e. The van der Waals surface area contributed by atoms with E-state index in [4.69, 9.17) is 0 Å². The lowest BCUT2D eigenvalue weighted by Crippen LogP contribution is -2.21. The smallest absolute Gasteiger partial charge is 0.132 e. The number of rotatable bonds is 3. The molecule has 1 saturated heterocycles. The summed E-state index contributed by atoms with van der Waals surface area (Å²) in [6.07, 6.45) is 2.58. The fourth-order valence-corrected chi connectivity index (χ4v) is 3.17. The van der Waals surface area contributed by atoms with Gasteiger partial charge >= 0.3 is 0 Å². The van der Waals surface area contributed by atoms with Crippen LogP contribution in [-0.4, -0.2) is 22.6 Å². The largest absolute Gasteiger partial charge is 0.341 e. The van der Waals surface area contributed by atoms with E-state index in [1.54, 1.807) is 12.1 Å².